The van der Waals surface area contributed by atoms with Crippen LogP contribution in [0.2, 0.25) is 0 Å². The molecule has 0 unspecified atom stereocenters. The summed E-state index contributed by atoms with van der Waals surface area (Å²) in [7, 11) is 0. The first-order valence-electron chi connectivity index (χ1n) is 10.3. The molecule has 4 rings (SSSR count). The van der Waals surface area contributed by atoms with Gasteiger partial charge in [-0.1, -0.05) is 91.3 Å². The lowest BCUT2D eigenvalue weighted by Crippen LogP contribution is -2.48. The van der Waals surface area contributed by atoms with Crippen molar-refractivity contribution in [1.82, 2.24) is 5.32 Å². The molecule has 0 aliphatic heterocycles. The fraction of sp³-hybridized carbons (Fsp3) is 0.269. The van der Waals surface area contributed by atoms with Crippen LogP contribution in [0.1, 0.15) is 41.5 Å². The van der Waals surface area contributed by atoms with Gasteiger partial charge in [-0.15, -0.1) is 0 Å². The smallest absolute Gasteiger partial charge is 0.230 e. The normalized spacial score (nSPS) is 14.8. The molecule has 1 fully saturated rings. The first-order valence-corrected chi connectivity index (χ1v) is 10.3. The third-order valence-corrected chi connectivity index (χ3v) is 5.79. The zero-order valence-electron chi connectivity index (χ0n) is 16.6. The number of rotatable bonds is 8. The molecule has 0 radical (unpaired) electrons. The highest BCUT2D eigenvalue weighted by Gasteiger charge is 2.45. The average molecular weight is 386 g/mol. The van der Waals surface area contributed by atoms with Crippen LogP contribution in [0.5, 0.6) is 0 Å². The van der Waals surface area contributed by atoms with Gasteiger partial charge in [-0.05, 0) is 35.1 Å². The quantitative estimate of drug-likeness (QED) is 0.583. The summed E-state index contributed by atoms with van der Waals surface area (Å²) in [6.07, 6.45) is 2.96. The molecule has 0 saturated heterocycles. The fourth-order valence-corrected chi connectivity index (χ4v) is 3.98. The Morgan fingerprint density at radius 1 is 0.793 bits per heavy atom. The molecule has 0 atom stereocenters. The Kier molecular flexibility index (Phi) is 6.06. The van der Waals surface area contributed by atoms with Gasteiger partial charge in [-0.2, -0.15) is 0 Å². The van der Waals surface area contributed by atoms with E-state index >= 15 is 0 Å². The van der Waals surface area contributed by atoms with Crippen molar-refractivity contribution in [3.63, 3.8) is 0 Å². The maximum Gasteiger partial charge on any atom is 0.230 e. The summed E-state index contributed by atoms with van der Waals surface area (Å²) in [5, 5.41) is 3.17. The van der Waals surface area contributed by atoms with E-state index in [-0.39, 0.29) is 11.3 Å². The van der Waals surface area contributed by atoms with Gasteiger partial charge in [0, 0.05) is 6.54 Å². The molecule has 148 valence electrons. The molecule has 1 aliphatic carbocycles. The number of amides is 1. The number of hydrogen-bond acceptors (Lipinski definition) is 2. The second kappa shape index (κ2) is 9.06. The first kappa shape index (κ1) is 19.4. The van der Waals surface area contributed by atoms with Gasteiger partial charge < -0.3 is 10.1 Å². The molecule has 29 heavy (non-hydrogen) atoms. The van der Waals surface area contributed by atoms with Crippen molar-refractivity contribution >= 4 is 5.91 Å². The summed E-state index contributed by atoms with van der Waals surface area (Å²) >= 11 is 0. The van der Waals surface area contributed by atoms with Crippen molar-refractivity contribution in [2.45, 2.75) is 44.4 Å². The molecule has 0 bridgehead atoms. The van der Waals surface area contributed by atoms with Crippen LogP contribution in [0.25, 0.3) is 0 Å². The number of carbonyl (C=O) groups excluding carboxylic acids is 1. The molecule has 0 heterocycles. The van der Waals surface area contributed by atoms with Crippen molar-refractivity contribution in [2.24, 2.45) is 0 Å². The van der Waals surface area contributed by atoms with E-state index in [4.69, 9.17) is 4.74 Å². The Morgan fingerprint density at radius 2 is 1.41 bits per heavy atom. The first-order chi connectivity index (χ1) is 14.3. The predicted octanol–water partition coefficient (Wildman–Crippen LogP) is 5.14. The van der Waals surface area contributed by atoms with E-state index in [1.165, 1.54) is 5.56 Å². The van der Waals surface area contributed by atoms with Gasteiger partial charge in [-0.3, -0.25) is 4.79 Å². The molecule has 1 amide bonds. The Hall–Kier alpha value is -2.91. The predicted molar refractivity (Wildman–Crippen MR) is 115 cm³/mol. The summed E-state index contributed by atoms with van der Waals surface area (Å²) < 4.78 is 5.84. The Balaban J connectivity index is 1.33. The number of hydrogen-bond donors (Lipinski definition) is 1. The van der Waals surface area contributed by atoms with Crippen molar-refractivity contribution in [3.05, 3.63) is 107 Å². The summed E-state index contributed by atoms with van der Waals surface area (Å²) in [6, 6.07) is 28.6. The molecule has 3 aromatic rings. The molecule has 0 spiro atoms. The van der Waals surface area contributed by atoms with E-state index in [0.717, 1.165) is 36.0 Å². The van der Waals surface area contributed by atoms with Crippen LogP contribution in [0.3, 0.4) is 0 Å². The molecular formula is C26H27NO2. The van der Waals surface area contributed by atoms with Crippen LogP contribution in [0, 0.1) is 0 Å². The van der Waals surface area contributed by atoms with E-state index in [1.807, 2.05) is 42.5 Å². The maximum absolute atomic E-state index is 13.0. The molecular weight excluding hydrogens is 358 g/mol. The van der Waals surface area contributed by atoms with Gasteiger partial charge >= 0.3 is 0 Å². The molecule has 0 aromatic heterocycles. The van der Waals surface area contributed by atoms with Gasteiger partial charge in [0.1, 0.15) is 0 Å². The minimum atomic E-state index is -0.350. The SMILES string of the molecule is O=C(NCc1cccc(COCc2ccccc2)c1)C1(c2ccccc2)CCC1. The topological polar surface area (TPSA) is 38.3 Å². The summed E-state index contributed by atoms with van der Waals surface area (Å²) in [5.74, 6) is 0.140. The Morgan fingerprint density at radius 3 is 2.10 bits per heavy atom. The minimum absolute atomic E-state index is 0.140. The second-order valence-corrected chi connectivity index (χ2v) is 7.78. The average Bonchev–Trinajstić information content (AvgIpc) is 2.73. The number of benzene rings is 3. The summed E-state index contributed by atoms with van der Waals surface area (Å²) in [6.45, 7) is 1.70. The van der Waals surface area contributed by atoms with E-state index < -0.39 is 0 Å². The Bertz CT molecular complexity index is 933. The van der Waals surface area contributed by atoms with Gasteiger partial charge in [0.05, 0.1) is 18.6 Å². The van der Waals surface area contributed by atoms with Crippen molar-refractivity contribution in [1.29, 1.82) is 0 Å². The van der Waals surface area contributed by atoms with Crippen LogP contribution in [-0.4, -0.2) is 5.91 Å². The largest absolute Gasteiger partial charge is 0.372 e. The van der Waals surface area contributed by atoms with Crippen LogP contribution >= 0.6 is 0 Å². The molecule has 1 aliphatic rings. The maximum atomic E-state index is 13.0. The summed E-state index contributed by atoms with van der Waals surface area (Å²) in [5.41, 5.74) is 4.17. The lowest BCUT2D eigenvalue weighted by atomic mass is 9.64. The lowest BCUT2D eigenvalue weighted by molar-refractivity contribution is -0.130. The third kappa shape index (κ3) is 4.57. The standard InChI is InChI=1S/C26H27NO2/c28-25(26(15-8-16-26)24-13-5-2-6-14-24)27-18-22-11-7-12-23(17-22)20-29-19-21-9-3-1-4-10-21/h1-7,9-14,17H,8,15-16,18-20H2,(H,27,28). The van der Waals surface area contributed by atoms with Crippen LogP contribution in [0.4, 0.5) is 0 Å². The lowest BCUT2D eigenvalue weighted by Gasteiger charge is -2.40. The minimum Gasteiger partial charge on any atom is -0.372 e. The third-order valence-electron chi connectivity index (χ3n) is 5.79. The van der Waals surface area contributed by atoms with Gasteiger partial charge in [0.2, 0.25) is 5.91 Å². The van der Waals surface area contributed by atoms with E-state index in [2.05, 4.69) is 47.8 Å². The highest BCUT2D eigenvalue weighted by Crippen LogP contribution is 2.43. The molecule has 3 aromatic carbocycles. The van der Waals surface area contributed by atoms with Gasteiger partial charge in [-0.25, -0.2) is 0 Å². The number of ether oxygens (including phenoxy) is 1. The monoisotopic (exact) mass is 385 g/mol. The van der Waals surface area contributed by atoms with E-state index in [0.29, 0.717) is 19.8 Å². The van der Waals surface area contributed by atoms with Crippen molar-refractivity contribution in [2.75, 3.05) is 0 Å². The highest BCUT2D eigenvalue weighted by molar-refractivity contribution is 5.89. The fourth-order valence-electron chi connectivity index (χ4n) is 3.98. The van der Waals surface area contributed by atoms with Gasteiger partial charge in [0.25, 0.3) is 0 Å². The molecule has 3 heteroatoms. The van der Waals surface area contributed by atoms with Crippen LogP contribution in [0.15, 0.2) is 84.9 Å². The van der Waals surface area contributed by atoms with E-state index in [1.54, 1.807) is 0 Å². The highest BCUT2D eigenvalue weighted by atomic mass is 16.5. The molecule has 1 N–H and O–H groups in total. The van der Waals surface area contributed by atoms with Crippen molar-refractivity contribution < 1.29 is 9.53 Å². The van der Waals surface area contributed by atoms with Crippen molar-refractivity contribution in [3.8, 4) is 0 Å². The van der Waals surface area contributed by atoms with Crippen LogP contribution < -0.4 is 5.32 Å². The van der Waals surface area contributed by atoms with Crippen LogP contribution in [-0.2, 0) is 34.7 Å². The van der Waals surface area contributed by atoms with Gasteiger partial charge in [0.15, 0.2) is 0 Å². The Labute approximate surface area is 172 Å². The van der Waals surface area contributed by atoms with E-state index in [9.17, 15) is 4.79 Å². The number of nitrogens with one attached hydrogen (secondary N) is 1. The zero-order valence-corrected chi connectivity index (χ0v) is 16.6. The zero-order chi connectivity index (χ0) is 19.9. The summed E-state index contributed by atoms with van der Waals surface area (Å²) in [4.78, 5) is 13.0. The second-order valence-electron chi connectivity index (χ2n) is 7.78. The molecule has 3 nitrogen and oxygen atoms in total. The number of carbonyl (C=O) groups is 1. The molecule has 1 saturated carbocycles.